The summed E-state index contributed by atoms with van der Waals surface area (Å²) in [5.41, 5.74) is 11.6. The van der Waals surface area contributed by atoms with E-state index in [1.807, 2.05) is 41.5 Å². The standard InChI is InChI=1S/C30H28ClFN8/c1-2-25(18-6-4-3-5-7-18)37-28-20(14-33)16-35-30-23(28)12-21(13-24(30)31)36-29(19-8-11-27(32)34-15-19)26-17-40(39-38-26)22-9-10-22/h3-8,11-13,15-17,22,25,29,36,38-39H,2,9-10H2,1H3,(H,35,37). The molecular formula is C30H28ClFN8. The molecule has 6 rings (SSSR count). The predicted molar refractivity (Wildman–Crippen MR) is 154 cm³/mol. The van der Waals surface area contributed by atoms with Crippen molar-refractivity contribution in [3.8, 4) is 6.07 Å². The van der Waals surface area contributed by atoms with Gasteiger partial charge in [0.2, 0.25) is 5.95 Å². The smallest absolute Gasteiger partial charge is 0.212 e. The molecule has 4 aromatic rings. The van der Waals surface area contributed by atoms with Crippen LogP contribution in [-0.2, 0) is 0 Å². The molecule has 0 radical (unpaired) electrons. The van der Waals surface area contributed by atoms with E-state index in [1.54, 1.807) is 12.3 Å². The number of aromatic nitrogens is 2. The minimum atomic E-state index is -0.544. The Labute approximate surface area is 236 Å². The first kappa shape index (κ1) is 25.9. The molecule has 2 aliphatic rings. The molecule has 0 bridgehead atoms. The van der Waals surface area contributed by atoms with E-state index in [1.165, 1.54) is 12.3 Å². The van der Waals surface area contributed by atoms with Gasteiger partial charge >= 0.3 is 0 Å². The van der Waals surface area contributed by atoms with E-state index in [4.69, 9.17) is 11.6 Å². The Morgan fingerprint density at radius 3 is 2.62 bits per heavy atom. The SMILES string of the molecule is CCC(Nc1c(C#N)cnc2c(Cl)cc(NC(C3=CN(C4CC4)NN3)c3ccc(F)nc3)cc12)c1ccccc1. The molecule has 0 amide bonds. The van der Waals surface area contributed by atoms with Gasteiger partial charge in [-0.15, -0.1) is 5.53 Å². The fraction of sp³-hybridized carbons (Fsp3) is 0.233. The van der Waals surface area contributed by atoms with Crippen molar-refractivity contribution >= 4 is 33.9 Å². The zero-order chi connectivity index (χ0) is 27.6. The van der Waals surface area contributed by atoms with Crippen LogP contribution in [0.3, 0.4) is 0 Å². The van der Waals surface area contributed by atoms with E-state index in [-0.39, 0.29) is 12.1 Å². The van der Waals surface area contributed by atoms with Crippen LogP contribution in [0.2, 0.25) is 5.02 Å². The molecule has 1 aliphatic heterocycles. The van der Waals surface area contributed by atoms with Gasteiger partial charge in [0.1, 0.15) is 6.07 Å². The highest BCUT2D eigenvalue weighted by Crippen LogP contribution is 2.38. The molecule has 40 heavy (non-hydrogen) atoms. The lowest BCUT2D eigenvalue weighted by Gasteiger charge is -2.23. The van der Waals surface area contributed by atoms with E-state index >= 15 is 0 Å². The molecule has 2 aromatic carbocycles. The normalized spacial score (nSPS) is 16.1. The lowest BCUT2D eigenvalue weighted by Crippen LogP contribution is -2.38. The Morgan fingerprint density at radius 1 is 1.10 bits per heavy atom. The largest absolute Gasteiger partial charge is 0.377 e. The van der Waals surface area contributed by atoms with Crippen LogP contribution in [0.4, 0.5) is 15.8 Å². The maximum absolute atomic E-state index is 13.7. The first-order valence-electron chi connectivity index (χ1n) is 13.3. The number of fused-ring (bicyclic) bond motifs is 1. The number of hydrogen-bond acceptors (Lipinski definition) is 8. The quantitative estimate of drug-likeness (QED) is 0.178. The van der Waals surface area contributed by atoms with E-state index < -0.39 is 5.95 Å². The van der Waals surface area contributed by atoms with E-state index in [0.29, 0.717) is 33.5 Å². The summed E-state index contributed by atoms with van der Waals surface area (Å²) >= 11 is 6.77. The molecule has 0 spiro atoms. The number of pyridine rings is 2. The molecule has 10 heteroatoms. The molecule has 2 unspecified atom stereocenters. The maximum Gasteiger partial charge on any atom is 0.212 e. The lowest BCUT2D eigenvalue weighted by molar-refractivity contribution is 0.260. The predicted octanol–water partition coefficient (Wildman–Crippen LogP) is 6.34. The monoisotopic (exact) mass is 554 g/mol. The van der Waals surface area contributed by atoms with Gasteiger partial charge in [-0.05, 0) is 48.6 Å². The van der Waals surface area contributed by atoms with Crippen molar-refractivity contribution in [3.63, 3.8) is 0 Å². The van der Waals surface area contributed by atoms with Crippen molar-refractivity contribution in [1.82, 2.24) is 25.9 Å². The van der Waals surface area contributed by atoms with Crippen molar-refractivity contribution in [2.75, 3.05) is 10.6 Å². The topological polar surface area (TPSA) is 101 Å². The van der Waals surface area contributed by atoms with Crippen LogP contribution in [0.15, 0.2) is 78.9 Å². The van der Waals surface area contributed by atoms with Gasteiger partial charge in [-0.2, -0.15) is 9.65 Å². The molecule has 2 aromatic heterocycles. The number of rotatable bonds is 9. The molecule has 8 nitrogen and oxygen atoms in total. The summed E-state index contributed by atoms with van der Waals surface area (Å²) in [7, 11) is 0. The highest BCUT2D eigenvalue weighted by atomic mass is 35.5. The molecule has 1 saturated carbocycles. The van der Waals surface area contributed by atoms with Crippen LogP contribution in [0.25, 0.3) is 10.9 Å². The second-order valence-electron chi connectivity index (χ2n) is 9.98. The van der Waals surface area contributed by atoms with Crippen LogP contribution < -0.4 is 21.6 Å². The van der Waals surface area contributed by atoms with Gasteiger partial charge in [0.25, 0.3) is 0 Å². The lowest BCUT2D eigenvalue weighted by atomic mass is 10.0. The average Bonchev–Trinajstić information content (AvgIpc) is 3.72. The van der Waals surface area contributed by atoms with Crippen LogP contribution in [-0.4, -0.2) is 21.0 Å². The van der Waals surface area contributed by atoms with Crippen LogP contribution in [0, 0.1) is 17.3 Å². The van der Waals surface area contributed by atoms with Crippen LogP contribution in [0.5, 0.6) is 0 Å². The molecule has 3 heterocycles. The Hall–Kier alpha value is -4.39. The van der Waals surface area contributed by atoms with Gasteiger partial charge in [0, 0.05) is 35.7 Å². The molecule has 202 valence electrons. The fourth-order valence-electron chi connectivity index (χ4n) is 4.97. The number of hydrogen-bond donors (Lipinski definition) is 4. The maximum atomic E-state index is 13.7. The number of nitriles is 1. The fourth-order valence-corrected chi connectivity index (χ4v) is 5.24. The van der Waals surface area contributed by atoms with Crippen molar-refractivity contribution in [3.05, 3.63) is 107 Å². The van der Waals surface area contributed by atoms with Gasteiger partial charge in [0.15, 0.2) is 0 Å². The summed E-state index contributed by atoms with van der Waals surface area (Å²) in [5.74, 6) is -0.544. The van der Waals surface area contributed by atoms with E-state index in [9.17, 15) is 9.65 Å². The van der Waals surface area contributed by atoms with Gasteiger partial charge in [-0.1, -0.05) is 54.9 Å². The molecule has 2 atom stereocenters. The van der Waals surface area contributed by atoms with Gasteiger partial charge in [-0.25, -0.2) is 4.98 Å². The molecular weight excluding hydrogens is 527 g/mol. The number of nitrogens with zero attached hydrogens (tertiary/aromatic N) is 4. The zero-order valence-corrected chi connectivity index (χ0v) is 22.6. The molecule has 4 N–H and O–H groups in total. The first-order valence-corrected chi connectivity index (χ1v) is 13.7. The Bertz CT molecular complexity index is 1600. The number of nitrogens with one attached hydrogen (secondary N) is 4. The van der Waals surface area contributed by atoms with Gasteiger partial charge in [-0.3, -0.25) is 9.99 Å². The van der Waals surface area contributed by atoms with Crippen molar-refractivity contribution in [2.24, 2.45) is 0 Å². The van der Waals surface area contributed by atoms with Gasteiger partial charge in [0.05, 0.1) is 39.6 Å². The third-order valence-electron chi connectivity index (χ3n) is 7.23. The van der Waals surface area contributed by atoms with Crippen molar-refractivity contribution in [2.45, 2.75) is 44.3 Å². The summed E-state index contributed by atoms with van der Waals surface area (Å²) in [6, 6.07) is 19.3. The Kier molecular flexibility index (Phi) is 7.11. The number of anilines is 2. The molecule has 1 aliphatic carbocycles. The van der Waals surface area contributed by atoms with E-state index in [2.05, 4.69) is 56.7 Å². The number of halogens is 2. The van der Waals surface area contributed by atoms with Crippen molar-refractivity contribution < 1.29 is 4.39 Å². The summed E-state index contributed by atoms with van der Waals surface area (Å²) in [4.78, 5) is 8.38. The molecule has 0 saturated heterocycles. The minimum absolute atomic E-state index is 0.0142. The zero-order valence-electron chi connectivity index (χ0n) is 21.8. The first-order chi connectivity index (χ1) is 19.5. The highest BCUT2D eigenvalue weighted by molar-refractivity contribution is 6.35. The minimum Gasteiger partial charge on any atom is -0.377 e. The third kappa shape index (κ3) is 5.24. The number of hydrazine groups is 2. The van der Waals surface area contributed by atoms with Crippen LogP contribution >= 0.6 is 11.6 Å². The van der Waals surface area contributed by atoms with Crippen molar-refractivity contribution in [1.29, 1.82) is 5.26 Å². The summed E-state index contributed by atoms with van der Waals surface area (Å²) in [6.07, 6.45) is 8.16. The number of benzene rings is 2. The summed E-state index contributed by atoms with van der Waals surface area (Å²) in [5, 5.41) is 20.3. The summed E-state index contributed by atoms with van der Waals surface area (Å²) < 4.78 is 13.7. The third-order valence-corrected chi connectivity index (χ3v) is 7.52. The second-order valence-corrected chi connectivity index (χ2v) is 10.4. The molecule has 1 fully saturated rings. The van der Waals surface area contributed by atoms with Gasteiger partial charge < -0.3 is 16.1 Å². The Morgan fingerprint density at radius 2 is 1.93 bits per heavy atom. The highest BCUT2D eigenvalue weighted by Gasteiger charge is 2.32. The summed E-state index contributed by atoms with van der Waals surface area (Å²) in [6.45, 7) is 2.10. The van der Waals surface area contributed by atoms with Crippen LogP contribution in [0.1, 0.15) is 55.0 Å². The average molecular weight is 555 g/mol. The Balaban J connectivity index is 1.41. The van der Waals surface area contributed by atoms with E-state index in [0.717, 1.165) is 41.5 Å². The second kappa shape index (κ2) is 11.0.